The Kier molecular flexibility index (Phi) is 6.68. The molecule has 0 aliphatic carbocycles. The average Bonchev–Trinajstić information content (AvgIpc) is 2.52. The summed E-state index contributed by atoms with van der Waals surface area (Å²) < 4.78 is 11.2. The molecule has 2 unspecified atom stereocenters. The molecule has 2 atom stereocenters. The van der Waals surface area contributed by atoms with Crippen molar-refractivity contribution >= 4 is 6.03 Å². The van der Waals surface area contributed by atoms with E-state index in [0.717, 1.165) is 12.8 Å². The number of ether oxygens (including phenoxy) is 2. The van der Waals surface area contributed by atoms with E-state index in [-0.39, 0.29) is 24.3 Å². The smallest absolute Gasteiger partial charge is 0.315 e. The van der Waals surface area contributed by atoms with Crippen LogP contribution in [0.25, 0.3) is 0 Å². The lowest BCUT2D eigenvalue weighted by Gasteiger charge is -2.30. The monoisotopic (exact) mass is 306 g/mol. The largest absolute Gasteiger partial charge is 0.377 e. The molecule has 1 fully saturated rings. The third kappa shape index (κ3) is 5.66. The van der Waals surface area contributed by atoms with Gasteiger partial charge in [-0.05, 0) is 32.3 Å². The van der Waals surface area contributed by atoms with Gasteiger partial charge in [0.2, 0.25) is 0 Å². The van der Waals surface area contributed by atoms with E-state index in [9.17, 15) is 4.79 Å². The maximum absolute atomic E-state index is 11.9. The number of nitrogens with one attached hydrogen (secondary N) is 2. The van der Waals surface area contributed by atoms with Gasteiger partial charge in [-0.25, -0.2) is 4.79 Å². The van der Waals surface area contributed by atoms with Gasteiger partial charge in [-0.2, -0.15) is 0 Å². The molecule has 2 N–H and O–H groups in total. The Morgan fingerprint density at radius 3 is 2.86 bits per heavy atom. The number of carbonyl (C=O) groups excluding carboxylic acids is 1. The second-order valence-corrected chi connectivity index (χ2v) is 5.81. The molecule has 0 aromatic heterocycles. The fourth-order valence-corrected chi connectivity index (χ4v) is 2.52. The fourth-order valence-electron chi connectivity index (χ4n) is 2.52. The van der Waals surface area contributed by atoms with Crippen molar-refractivity contribution in [2.45, 2.75) is 44.9 Å². The minimum atomic E-state index is -0.133. The minimum absolute atomic E-state index is 0.0597. The van der Waals surface area contributed by atoms with Crippen LogP contribution in [0.4, 0.5) is 4.79 Å². The van der Waals surface area contributed by atoms with Crippen molar-refractivity contribution in [2.75, 3.05) is 19.8 Å². The van der Waals surface area contributed by atoms with Crippen LogP contribution < -0.4 is 10.6 Å². The molecule has 0 bridgehead atoms. The molecule has 1 aliphatic heterocycles. The molecule has 2 rings (SSSR count). The highest BCUT2D eigenvalue weighted by Gasteiger charge is 2.24. The molecular formula is C17H26N2O3. The maximum Gasteiger partial charge on any atom is 0.315 e. The van der Waals surface area contributed by atoms with E-state index in [1.54, 1.807) is 0 Å². The zero-order valence-corrected chi connectivity index (χ0v) is 13.4. The number of urea groups is 1. The molecule has 0 saturated carbocycles. The van der Waals surface area contributed by atoms with E-state index in [1.807, 2.05) is 32.0 Å². The van der Waals surface area contributed by atoms with E-state index in [2.05, 4.69) is 22.8 Å². The summed E-state index contributed by atoms with van der Waals surface area (Å²) in [5, 5.41) is 5.85. The number of hydrogen-bond acceptors (Lipinski definition) is 3. The van der Waals surface area contributed by atoms with Gasteiger partial charge in [-0.15, -0.1) is 0 Å². The summed E-state index contributed by atoms with van der Waals surface area (Å²) in [7, 11) is 0. The molecule has 122 valence electrons. The summed E-state index contributed by atoms with van der Waals surface area (Å²) in [4.78, 5) is 11.9. The summed E-state index contributed by atoms with van der Waals surface area (Å²) in [6.45, 7) is 5.68. The van der Waals surface area contributed by atoms with Gasteiger partial charge in [-0.1, -0.05) is 30.3 Å². The lowest BCUT2D eigenvalue weighted by Crippen LogP contribution is -2.45. The number of carbonyl (C=O) groups is 1. The molecule has 2 amide bonds. The first-order valence-corrected chi connectivity index (χ1v) is 7.97. The lowest BCUT2D eigenvalue weighted by molar-refractivity contribution is 0.00218. The Morgan fingerprint density at radius 1 is 1.36 bits per heavy atom. The number of rotatable bonds is 6. The first-order chi connectivity index (χ1) is 10.6. The predicted octanol–water partition coefficient (Wildman–Crippen LogP) is 2.63. The SMILES string of the molecule is CC(C)OCCNC(=O)NC1CCOC(c2ccccc2)C1. The molecule has 1 heterocycles. The Bertz CT molecular complexity index is 450. The molecule has 1 saturated heterocycles. The van der Waals surface area contributed by atoms with Gasteiger partial charge in [0.1, 0.15) is 0 Å². The van der Waals surface area contributed by atoms with Crippen molar-refractivity contribution in [3.8, 4) is 0 Å². The van der Waals surface area contributed by atoms with Crippen LogP contribution in [0.2, 0.25) is 0 Å². The van der Waals surface area contributed by atoms with Crippen LogP contribution in [0, 0.1) is 0 Å². The van der Waals surface area contributed by atoms with E-state index in [0.29, 0.717) is 19.8 Å². The third-order valence-electron chi connectivity index (χ3n) is 3.63. The number of benzene rings is 1. The van der Waals surface area contributed by atoms with E-state index in [4.69, 9.17) is 9.47 Å². The van der Waals surface area contributed by atoms with Crippen LogP contribution in [-0.4, -0.2) is 37.9 Å². The first kappa shape index (κ1) is 16.8. The Morgan fingerprint density at radius 2 is 2.14 bits per heavy atom. The Labute approximate surface area is 132 Å². The highest BCUT2D eigenvalue weighted by atomic mass is 16.5. The van der Waals surface area contributed by atoms with E-state index < -0.39 is 0 Å². The summed E-state index contributed by atoms with van der Waals surface area (Å²) >= 11 is 0. The standard InChI is InChI=1S/C17H26N2O3/c1-13(2)21-11-9-18-17(20)19-15-8-10-22-16(12-15)14-6-4-3-5-7-14/h3-7,13,15-16H,8-12H2,1-2H3,(H2,18,19,20). The second kappa shape index (κ2) is 8.76. The molecule has 22 heavy (non-hydrogen) atoms. The summed E-state index contributed by atoms with van der Waals surface area (Å²) in [6.07, 6.45) is 1.90. The molecule has 0 spiro atoms. The van der Waals surface area contributed by atoms with Crippen molar-refractivity contribution in [1.29, 1.82) is 0 Å². The van der Waals surface area contributed by atoms with Gasteiger partial charge in [-0.3, -0.25) is 0 Å². The van der Waals surface area contributed by atoms with Gasteiger partial charge < -0.3 is 20.1 Å². The molecular weight excluding hydrogens is 280 g/mol. The Balaban J connectivity index is 1.72. The topological polar surface area (TPSA) is 59.6 Å². The van der Waals surface area contributed by atoms with Gasteiger partial charge in [0.05, 0.1) is 18.8 Å². The molecule has 0 radical (unpaired) electrons. The fraction of sp³-hybridized carbons (Fsp3) is 0.588. The average molecular weight is 306 g/mol. The quantitative estimate of drug-likeness (QED) is 0.794. The lowest BCUT2D eigenvalue weighted by atomic mass is 9.97. The van der Waals surface area contributed by atoms with Gasteiger partial charge in [0.15, 0.2) is 0 Å². The van der Waals surface area contributed by atoms with E-state index >= 15 is 0 Å². The summed E-state index contributed by atoms with van der Waals surface area (Å²) in [6, 6.07) is 10.2. The van der Waals surface area contributed by atoms with Crippen molar-refractivity contribution in [3.05, 3.63) is 35.9 Å². The van der Waals surface area contributed by atoms with Gasteiger partial charge >= 0.3 is 6.03 Å². The van der Waals surface area contributed by atoms with Gasteiger partial charge in [0.25, 0.3) is 0 Å². The van der Waals surface area contributed by atoms with Crippen LogP contribution in [0.1, 0.15) is 38.4 Å². The molecule has 5 heteroatoms. The summed E-state index contributed by atoms with van der Waals surface area (Å²) in [5.74, 6) is 0. The third-order valence-corrected chi connectivity index (χ3v) is 3.63. The molecule has 5 nitrogen and oxygen atoms in total. The van der Waals surface area contributed by atoms with Crippen molar-refractivity contribution in [2.24, 2.45) is 0 Å². The first-order valence-electron chi connectivity index (χ1n) is 7.97. The van der Waals surface area contributed by atoms with E-state index in [1.165, 1.54) is 5.56 Å². The van der Waals surface area contributed by atoms with Crippen LogP contribution in [-0.2, 0) is 9.47 Å². The molecule has 1 aromatic carbocycles. The van der Waals surface area contributed by atoms with Crippen LogP contribution in [0.5, 0.6) is 0 Å². The molecule has 1 aliphatic rings. The maximum atomic E-state index is 11.9. The minimum Gasteiger partial charge on any atom is -0.377 e. The number of amides is 2. The zero-order chi connectivity index (χ0) is 15.8. The zero-order valence-electron chi connectivity index (χ0n) is 13.4. The molecule has 1 aromatic rings. The van der Waals surface area contributed by atoms with Crippen molar-refractivity contribution < 1.29 is 14.3 Å². The summed E-state index contributed by atoms with van der Waals surface area (Å²) in [5.41, 5.74) is 1.17. The Hall–Kier alpha value is -1.59. The van der Waals surface area contributed by atoms with Crippen molar-refractivity contribution in [1.82, 2.24) is 10.6 Å². The van der Waals surface area contributed by atoms with Crippen LogP contribution in [0.15, 0.2) is 30.3 Å². The normalized spacial score (nSPS) is 21.6. The number of hydrogen-bond donors (Lipinski definition) is 2. The second-order valence-electron chi connectivity index (χ2n) is 5.81. The highest BCUT2D eigenvalue weighted by Crippen LogP contribution is 2.27. The van der Waals surface area contributed by atoms with Crippen LogP contribution in [0.3, 0.4) is 0 Å². The van der Waals surface area contributed by atoms with Crippen molar-refractivity contribution in [3.63, 3.8) is 0 Å². The highest BCUT2D eigenvalue weighted by molar-refractivity contribution is 5.74. The van der Waals surface area contributed by atoms with Gasteiger partial charge in [0, 0.05) is 19.2 Å². The van der Waals surface area contributed by atoms with Crippen LogP contribution >= 0.6 is 0 Å². The predicted molar refractivity (Wildman–Crippen MR) is 85.8 cm³/mol.